The van der Waals surface area contributed by atoms with Crippen LogP contribution in [0, 0.1) is 5.82 Å². The van der Waals surface area contributed by atoms with Gasteiger partial charge in [0, 0.05) is 26.1 Å². The van der Waals surface area contributed by atoms with Gasteiger partial charge in [-0.15, -0.1) is 12.4 Å². The van der Waals surface area contributed by atoms with Crippen LogP contribution in [0.15, 0.2) is 18.2 Å². The summed E-state index contributed by atoms with van der Waals surface area (Å²) >= 11 is 0. The van der Waals surface area contributed by atoms with Gasteiger partial charge in [-0.05, 0) is 29.7 Å². The number of carbonyl (C=O) groups is 1. The quantitative estimate of drug-likeness (QED) is 0.874. The number of benzene rings is 1. The summed E-state index contributed by atoms with van der Waals surface area (Å²) < 4.78 is 13.0. The van der Waals surface area contributed by atoms with E-state index in [9.17, 15) is 9.18 Å². The molecule has 1 aliphatic rings. The van der Waals surface area contributed by atoms with Gasteiger partial charge in [-0.2, -0.15) is 0 Å². The summed E-state index contributed by atoms with van der Waals surface area (Å²) in [4.78, 5) is 13.4. The lowest BCUT2D eigenvalue weighted by Crippen LogP contribution is -2.36. The van der Waals surface area contributed by atoms with Crippen LogP contribution in [-0.2, 0) is 17.8 Å². The molecule has 0 atom stereocenters. The molecule has 0 aliphatic carbocycles. The SMILES string of the molecule is Cl.NCCC(=O)N1CCc2cc(F)ccc2C1. The first-order valence-corrected chi connectivity index (χ1v) is 5.46. The Balaban J connectivity index is 0.00000144. The summed E-state index contributed by atoms with van der Waals surface area (Å²) in [5, 5.41) is 0. The van der Waals surface area contributed by atoms with Crippen LogP contribution in [0.2, 0.25) is 0 Å². The maximum atomic E-state index is 13.0. The van der Waals surface area contributed by atoms with Crippen molar-refractivity contribution in [1.82, 2.24) is 4.90 Å². The summed E-state index contributed by atoms with van der Waals surface area (Å²) in [6.07, 6.45) is 1.11. The Morgan fingerprint density at radius 1 is 1.41 bits per heavy atom. The molecule has 1 aromatic rings. The summed E-state index contributed by atoms with van der Waals surface area (Å²) in [5.41, 5.74) is 7.40. The van der Waals surface area contributed by atoms with E-state index in [0.29, 0.717) is 26.1 Å². The first kappa shape index (κ1) is 13.9. The maximum Gasteiger partial charge on any atom is 0.224 e. The zero-order valence-corrected chi connectivity index (χ0v) is 10.3. The molecule has 3 nitrogen and oxygen atoms in total. The minimum absolute atomic E-state index is 0. The minimum atomic E-state index is -0.208. The van der Waals surface area contributed by atoms with E-state index in [1.165, 1.54) is 6.07 Å². The highest BCUT2D eigenvalue weighted by molar-refractivity contribution is 5.85. The van der Waals surface area contributed by atoms with Crippen LogP contribution >= 0.6 is 12.4 Å². The van der Waals surface area contributed by atoms with Gasteiger partial charge >= 0.3 is 0 Å². The Labute approximate surface area is 106 Å². The molecule has 0 aromatic heterocycles. The zero-order chi connectivity index (χ0) is 11.5. The fourth-order valence-electron chi connectivity index (χ4n) is 2.02. The average Bonchev–Trinajstić information content (AvgIpc) is 2.28. The fourth-order valence-corrected chi connectivity index (χ4v) is 2.02. The van der Waals surface area contributed by atoms with E-state index in [1.54, 1.807) is 17.0 Å². The van der Waals surface area contributed by atoms with Crippen molar-refractivity contribution in [3.63, 3.8) is 0 Å². The number of carbonyl (C=O) groups excluding carboxylic acids is 1. The molecule has 17 heavy (non-hydrogen) atoms. The monoisotopic (exact) mass is 258 g/mol. The van der Waals surface area contributed by atoms with Gasteiger partial charge in [0.25, 0.3) is 0 Å². The van der Waals surface area contributed by atoms with Gasteiger partial charge in [-0.3, -0.25) is 4.79 Å². The Morgan fingerprint density at radius 3 is 2.88 bits per heavy atom. The van der Waals surface area contributed by atoms with Crippen molar-refractivity contribution < 1.29 is 9.18 Å². The largest absolute Gasteiger partial charge is 0.338 e. The minimum Gasteiger partial charge on any atom is -0.338 e. The number of hydrogen-bond acceptors (Lipinski definition) is 2. The molecule has 0 radical (unpaired) electrons. The van der Waals surface area contributed by atoms with E-state index in [0.717, 1.165) is 17.5 Å². The second-order valence-corrected chi connectivity index (χ2v) is 4.02. The first-order chi connectivity index (χ1) is 7.70. The third-order valence-corrected chi connectivity index (χ3v) is 2.89. The van der Waals surface area contributed by atoms with Gasteiger partial charge in [0.2, 0.25) is 5.91 Å². The molecule has 0 saturated carbocycles. The second kappa shape index (κ2) is 5.98. The van der Waals surface area contributed by atoms with Gasteiger partial charge < -0.3 is 10.6 Å². The molecule has 1 aromatic carbocycles. The van der Waals surface area contributed by atoms with Crippen molar-refractivity contribution in [2.45, 2.75) is 19.4 Å². The van der Waals surface area contributed by atoms with Crippen molar-refractivity contribution in [2.75, 3.05) is 13.1 Å². The number of hydrogen-bond donors (Lipinski definition) is 1. The molecule has 1 amide bonds. The summed E-state index contributed by atoms with van der Waals surface area (Å²) in [7, 11) is 0. The Hall–Kier alpha value is -1.13. The van der Waals surface area contributed by atoms with E-state index < -0.39 is 0 Å². The smallest absolute Gasteiger partial charge is 0.224 e. The van der Waals surface area contributed by atoms with Crippen molar-refractivity contribution in [2.24, 2.45) is 5.73 Å². The number of rotatable bonds is 2. The van der Waals surface area contributed by atoms with Gasteiger partial charge in [-0.1, -0.05) is 6.07 Å². The molecule has 0 bridgehead atoms. The lowest BCUT2D eigenvalue weighted by Gasteiger charge is -2.28. The van der Waals surface area contributed by atoms with Crippen LogP contribution in [-0.4, -0.2) is 23.9 Å². The summed E-state index contributed by atoms with van der Waals surface area (Å²) in [6.45, 7) is 1.62. The molecular weight excluding hydrogens is 243 g/mol. The Kier molecular flexibility index (Phi) is 4.90. The predicted octanol–water partition coefficient (Wildman–Crippen LogP) is 1.48. The first-order valence-electron chi connectivity index (χ1n) is 5.46. The molecular formula is C12H16ClFN2O. The molecule has 94 valence electrons. The topological polar surface area (TPSA) is 46.3 Å². The van der Waals surface area contributed by atoms with E-state index in [-0.39, 0.29) is 24.1 Å². The second-order valence-electron chi connectivity index (χ2n) is 4.02. The van der Waals surface area contributed by atoms with E-state index in [1.807, 2.05) is 0 Å². The highest BCUT2D eigenvalue weighted by atomic mass is 35.5. The molecule has 1 aliphatic heterocycles. The number of nitrogens with zero attached hydrogens (tertiary/aromatic N) is 1. The average molecular weight is 259 g/mol. The van der Waals surface area contributed by atoms with Crippen molar-refractivity contribution in [3.8, 4) is 0 Å². The lowest BCUT2D eigenvalue weighted by atomic mass is 9.99. The van der Waals surface area contributed by atoms with E-state index >= 15 is 0 Å². The molecule has 0 spiro atoms. The van der Waals surface area contributed by atoms with Crippen LogP contribution in [0.25, 0.3) is 0 Å². The van der Waals surface area contributed by atoms with Gasteiger partial charge in [0.15, 0.2) is 0 Å². The van der Waals surface area contributed by atoms with Crippen LogP contribution in [0.1, 0.15) is 17.5 Å². The number of fused-ring (bicyclic) bond motifs is 1. The van der Waals surface area contributed by atoms with Gasteiger partial charge in [-0.25, -0.2) is 4.39 Å². The maximum absolute atomic E-state index is 13.0. The molecule has 0 unspecified atom stereocenters. The molecule has 2 rings (SSSR count). The van der Waals surface area contributed by atoms with Crippen LogP contribution in [0.5, 0.6) is 0 Å². The summed E-state index contributed by atoms with van der Waals surface area (Å²) in [5.74, 6) is -0.127. The number of nitrogens with two attached hydrogens (primary N) is 1. The fraction of sp³-hybridized carbons (Fsp3) is 0.417. The number of halogens is 2. The highest BCUT2D eigenvalue weighted by Crippen LogP contribution is 2.20. The van der Waals surface area contributed by atoms with Crippen molar-refractivity contribution in [3.05, 3.63) is 35.1 Å². The lowest BCUT2D eigenvalue weighted by molar-refractivity contribution is -0.131. The van der Waals surface area contributed by atoms with E-state index in [4.69, 9.17) is 5.73 Å². The Morgan fingerprint density at radius 2 is 2.18 bits per heavy atom. The normalized spacial score (nSPS) is 13.9. The Bertz CT molecular complexity index is 411. The van der Waals surface area contributed by atoms with Crippen LogP contribution in [0.3, 0.4) is 0 Å². The molecule has 0 fully saturated rings. The van der Waals surface area contributed by atoms with Crippen LogP contribution < -0.4 is 5.73 Å². The summed E-state index contributed by atoms with van der Waals surface area (Å²) in [6, 6.07) is 4.75. The van der Waals surface area contributed by atoms with Gasteiger partial charge in [0.1, 0.15) is 5.82 Å². The predicted molar refractivity (Wildman–Crippen MR) is 66.4 cm³/mol. The van der Waals surface area contributed by atoms with Crippen molar-refractivity contribution >= 4 is 18.3 Å². The third kappa shape index (κ3) is 3.17. The molecule has 1 heterocycles. The van der Waals surface area contributed by atoms with Crippen LogP contribution in [0.4, 0.5) is 4.39 Å². The van der Waals surface area contributed by atoms with Crippen molar-refractivity contribution in [1.29, 1.82) is 0 Å². The molecule has 0 saturated heterocycles. The highest BCUT2D eigenvalue weighted by Gasteiger charge is 2.20. The molecule has 2 N–H and O–H groups in total. The third-order valence-electron chi connectivity index (χ3n) is 2.89. The zero-order valence-electron chi connectivity index (χ0n) is 9.49. The molecule has 5 heteroatoms. The number of amides is 1. The van der Waals surface area contributed by atoms with Gasteiger partial charge in [0.05, 0.1) is 0 Å². The standard InChI is InChI=1S/C12H15FN2O.ClH/c13-11-2-1-10-8-15(12(16)3-5-14)6-4-9(10)7-11;/h1-2,7H,3-6,8,14H2;1H. The van der Waals surface area contributed by atoms with E-state index in [2.05, 4.69) is 0 Å².